The number of aromatic nitrogens is 1. The van der Waals surface area contributed by atoms with Gasteiger partial charge >= 0.3 is 11.9 Å². The lowest BCUT2D eigenvalue weighted by atomic mass is 9.94. The van der Waals surface area contributed by atoms with Crippen molar-refractivity contribution < 1.29 is 29.3 Å². The fraction of sp³-hybridized carbons (Fsp3) is 0.0476. The first-order valence-corrected chi connectivity index (χ1v) is 8.70. The summed E-state index contributed by atoms with van der Waals surface area (Å²) < 4.78 is 5.64. The standard InChI is InChI=1S/C21H14N2O7/c1-22-11-6-7-12-13(8-11)30-19-16(23-12)15(21(28)29)14(17(24)18(19)25)9-2-4-10(5-3-9)20(26)27/h2-8,22,25H,1H3,(H,26,27)(H,28,29). The number of carboxylic acids is 2. The number of anilines is 1. The highest BCUT2D eigenvalue weighted by Gasteiger charge is 2.30. The number of aromatic carboxylic acids is 2. The molecule has 0 spiro atoms. The maximum Gasteiger partial charge on any atom is 0.338 e. The van der Waals surface area contributed by atoms with E-state index in [0.29, 0.717) is 11.2 Å². The van der Waals surface area contributed by atoms with E-state index in [9.17, 15) is 24.6 Å². The van der Waals surface area contributed by atoms with Crippen molar-refractivity contribution in [2.24, 2.45) is 0 Å². The Labute approximate surface area is 168 Å². The quantitative estimate of drug-likeness (QED) is 0.375. The van der Waals surface area contributed by atoms with Crippen molar-refractivity contribution in [2.75, 3.05) is 12.4 Å². The number of phenolic OH excluding ortho intramolecular Hbond substituents is 1. The van der Waals surface area contributed by atoms with Crippen LogP contribution in [-0.2, 0) is 0 Å². The normalized spacial score (nSPS) is 11.0. The van der Waals surface area contributed by atoms with Crippen LogP contribution in [0.5, 0.6) is 5.75 Å². The minimum absolute atomic E-state index is 0.0347. The summed E-state index contributed by atoms with van der Waals surface area (Å²) in [5, 5.41) is 32.3. The molecule has 30 heavy (non-hydrogen) atoms. The third-order valence-corrected chi connectivity index (χ3v) is 4.69. The molecule has 1 heterocycles. The lowest BCUT2D eigenvalue weighted by Crippen LogP contribution is -2.16. The first kappa shape index (κ1) is 18.9. The third-order valence-electron chi connectivity index (χ3n) is 4.69. The molecule has 2 aromatic carbocycles. The summed E-state index contributed by atoms with van der Waals surface area (Å²) in [5.74, 6) is -3.74. The monoisotopic (exact) mass is 406 g/mol. The Bertz CT molecular complexity index is 1360. The molecule has 1 aliphatic carbocycles. The maximum atomic E-state index is 12.9. The Morgan fingerprint density at radius 1 is 1.03 bits per heavy atom. The fourth-order valence-corrected chi connectivity index (χ4v) is 3.22. The average molecular weight is 406 g/mol. The van der Waals surface area contributed by atoms with Gasteiger partial charge in [0.1, 0.15) is 16.8 Å². The molecule has 0 unspecified atom stereocenters. The lowest BCUT2D eigenvalue weighted by Gasteiger charge is -2.15. The molecule has 9 heteroatoms. The van der Waals surface area contributed by atoms with E-state index >= 15 is 0 Å². The largest absolute Gasteiger partial charge is 0.501 e. The molecular formula is C21H14N2O7. The number of rotatable bonds is 4. The summed E-state index contributed by atoms with van der Waals surface area (Å²) >= 11 is 0. The maximum absolute atomic E-state index is 12.9. The number of carbonyl (C=O) groups is 2. The van der Waals surface area contributed by atoms with Crippen molar-refractivity contribution >= 4 is 28.7 Å². The number of nitrogens with zero attached hydrogens (tertiary/aromatic N) is 1. The first-order chi connectivity index (χ1) is 14.3. The zero-order valence-corrected chi connectivity index (χ0v) is 15.5. The fourth-order valence-electron chi connectivity index (χ4n) is 3.22. The van der Waals surface area contributed by atoms with Crippen LogP contribution in [-0.4, -0.2) is 39.3 Å². The van der Waals surface area contributed by atoms with Crippen LogP contribution in [0.2, 0.25) is 0 Å². The van der Waals surface area contributed by atoms with E-state index in [4.69, 9.17) is 9.52 Å². The molecule has 4 rings (SSSR count). The Morgan fingerprint density at radius 3 is 2.33 bits per heavy atom. The van der Waals surface area contributed by atoms with Crippen LogP contribution < -0.4 is 10.7 Å². The Kier molecular flexibility index (Phi) is 4.35. The van der Waals surface area contributed by atoms with E-state index in [1.165, 1.54) is 24.3 Å². The summed E-state index contributed by atoms with van der Waals surface area (Å²) in [6.07, 6.45) is 0. The highest BCUT2D eigenvalue weighted by atomic mass is 16.4. The molecular weight excluding hydrogens is 392 g/mol. The van der Waals surface area contributed by atoms with Gasteiger partial charge in [0.25, 0.3) is 0 Å². The van der Waals surface area contributed by atoms with Gasteiger partial charge in [-0.2, -0.15) is 0 Å². The minimum atomic E-state index is -1.44. The average Bonchev–Trinajstić information content (AvgIpc) is 2.74. The number of nitrogens with one attached hydrogen (secondary N) is 1. The molecule has 0 atom stereocenters. The third kappa shape index (κ3) is 2.89. The highest BCUT2D eigenvalue weighted by Crippen LogP contribution is 2.38. The molecule has 9 nitrogen and oxygen atoms in total. The van der Waals surface area contributed by atoms with Gasteiger partial charge < -0.3 is 25.1 Å². The second-order valence-electron chi connectivity index (χ2n) is 6.44. The van der Waals surface area contributed by atoms with Crippen LogP contribution >= 0.6 is 0 Å². The van der Waals surface area contributed by atoms with Gasteiger partial charge in [0.15, 0.2) is 11.3 Å². The van der Waals surface area contributed by atoms with Gasteiger partial charge in [-0.3, -0.25) is 4.79 Å². The van der Waals surface area contributed by atoms with Crippen molar-refractivity contribution in [3.63, 3.8) is 0 Å². The molecule has 2 aromatic rings. The predicted octanol–water partition coefficient (Wildman–Crippen LogP) is 3.10. The molecule has 0 radical (unpaired) electrons. The summed E-state index contributed by atoms with van der Waals surface area (Å²) in [6.45, 7) is 0. The van der Waals surface area contributed by atoms with Gasteiger partial charge in [0.2, 0.25) is 11.2 Å². The molecule has 4 N–H and O–H groups in total. The second kappa shape index (κ2) is 6.89. The Hall–Kier alpha value is -4.40. The number of carboxylic acid groups (broad SMARTS) is 2. The van der Waals surface area contributed by atoms with E-state index in [1.54, 1.807) is 25.2 Å². The van der Waals surface area contributed by atoms with Crippen LogP contribution in [0, 0.1) is 0 Å². The Balaban J connectivity index is 2.09. The molecule has 150 valence electrons. The van der Waals surface area contributed by atoms with E-state index in [2.05, 4.69) is 10.3 Å². The zero-order valence-electron chi connectivity index (χ0n) is 15.5. The minimum Gasteiger partial charge on any atom is -0.501 e. The van der Waals surface area contributed by atoms with Gasteiger partial charge in [0.05, 0.1) is 11.1 Å². The van der Waals surface area contributed by atoms with E-state index in [-0.39, 0.29) is 33.7 Å². The highest BCUT2D eigenvalue weighted by molar-refractivity contribution is 6.04. The SMILES string of the molecule is CNc1ccc2nc3c(C(=O)O)c(-c4ccc(C(=O)O)cc4)c(=O)c(O)c-3oc2c1. The van der Waals surface area contributed by atoms with Crippen molar-refractivity contribution in [1.29, 1.82) is 0 Å². The Morgan fingerprint density at radius 2 is 1.73 bits per heavy atom. The topological polar surface area (TPSA) is 150 Å². The number of benzene rings is 3. The van der Waals surface area contributed by atoms with Gasteiger partial charge in [0, 0.05) is 18.8 Å². The second-order valence-corrected chi connectivity index (χ2v) is 6.44. The summed E-state index contributed by atoms with van der Waals surface area (Å²) in [5.41, 5.74) is -0.535. The van der Waals surface area contributed by atoms with Crippen LogP contribution in [0.15, 0.2) is 51.7 Å². The number of aromatic hydroxyl groups is 1. The predicted molar refractivity (Wildman–Crippen MR) is 107 cm³/mol. The number of hydrogen-bond acceptors (Lipinski definition) is 7. The van der Waals surface area contributed by atoms with Crippen LogP contribution in [0.1, 0.15) is 20.7 Å². The van der Waals surface area contributed by atoms with Gasteiger partial charge in [-0.15, -0.1) is 0 Å². The number of phenols is 1. The molecule has 0 amide bonds. The van der Waals surface area contributed by atoms with Crippen molar-refractivity contribution in [3.05, 3.63) is 63.8 Å². The smallest absolute Gasteiger partial charge is 0.338 e. The summed E-state index contributed by atoms with van der Waals surface area (Å²) in [4.78, 5) is 40.3. The molecule has 1 aliphatic heterocycles. The molecule has 0 saturated heterocycles. The first-order valence-electron chi connectivity index (χ1n) is 8.70. The van der Waals surface area contributed by atoms with Gasteiger partial charge in [-0.25, -0.2) is 14.6 Å². The van der Waals surface area contributed by atoms with Crippen molar-refractivity contribution in [1.82, 2.24) is 4.98 Å². The molecule has 2 aliphatic rings. The number of hydrogen-bond donors (Lipinski definition) is 4. The van der Waals surface area contributed by atoms with E-state index in [0.717, 1.165) is 0 Å². The van der Waals surface area contributed by atoms with Crippen LogP contribution in [0.3, 0.4) is 0 Å². The van der Waals surface area contributed by atoms with Crippen LogP contribution in [0.25, 0.3) is 33.7 Å². The van der Waals surface area contributed by atoms with E-state index < -0.39 is 28.7 Å². The lowest BCUT2D eigenvalue weighted by molar-refractivity contribution is 0.0686. The summed E-state index contributed by atoms with van der Waals surface area (Å²) in [6, 6.07) is 10.0. The van der Waals surface area contributed by atoms with E-state index in [1.807, 2.05) is 0 Å². The molecule has 0 saturated carbocycles. The van der Waals surface area contributed by atoms with Gasteiger partial charge in [-0.05, 0) is 29.8 Å². The zero-order chi connectivity index (χ0) is 21.6. The van der Waals surface area contributed by atoms with Crippen molar-refractivity contribution in [3.8, 4) is 28.3 Å². The summed E-state index contributed by atoms with van der Waals surface area (Å²) in [7, 11) is 1.70. The molecule has 0 fully saturated rings. The van der Waals surface area contributed by atoms with Crippen molar-refractivity contribution in [2.45, 2.75) is 0 Å². The van der Waals surface area contributed by atoms with Crippen LogP contribution in [0.4, 0.5) is 5.69 Å². The van der Waals surface area contributed by atoms with Gasteiger partial charge in [-0.1, -0.05) is 12.1 Å². The number of fused-ring (bicyclic) bond motifs is 2. The molecule has 0 aromatic heterocycles. The molecule has 0 bridgehead atoms.